The van der Waals surface area contributed by atoms with Gasteiger partial charge in [-0.25, -0.2) is 9.79 Å². The second kappa shape index (κ2) is 9.93. The molecule has 2 rings (SSSR count). The van der Waals surface area contributed by atoms with Gasteiger partial charge in [0, 0.05) is 12.8 Å². The monoisotopic (exact) mass is 360 g/mol. The molecule has 0 bridgehead atoms. The van der Waals surface area contributed by atoms with E-state index in [-0.39, 0.29) is 11.3 Å². The highest BCUT2D eigenvalue weighted by Crippen LogP contribution is 2.24. The summed E-state index contributed by atoms with van der Waals surface area (Å²) in [4.78, 5) is 16.0. The number of aliphatic imine (C=N–C) groups is 1. The van der Waals surface area contributed by atoms with Crippen LogP contribution in [-0.2, 0) is 0 Å². The Balaban J connectivity index is 1.90. The Kier molecular flexibility index (Phi) is 7.60. The van der Waals surface area contributed by atoms with Gasteiger partial charge in [0.05, 0.1) is 5.39 Å². The summed E-state index contributed by atoms with van der Waals surface area (Å²) in [5.74, 6) is -0.144. The minimum Gasteiger partial charge on any atom is -0.506 e. The smallest absolute Gasteiger partial charge is 0.348 e. The van der Waals surface area contributed by atoms with Crippen LogP contribution in [0.3, 0.4) is 0 Å². The van der Waals surface area contributed by atoms with Crippen molar-refractivity contribution in [2.75, 3.05) is 6.54 Å². The maximum atomic E-state index is 12.0. The van der Waals surface area contributed by atoms with Crippen LogP contribution in [0.5, 0.6) is 5.75 Å². The van der Waals surface area contributed by atoms with Crippen LogP contribution in [-0.4, -0.2) is 23.0 Å². The third kappa shape index (κ3) is 5.67. The lowest BCUT2D eigenvalue weighted by Crippen LogP contribution is -2.21. The molecule has 0 aliphatic heterocycles. The van der Waals surface area contributed by atoms with E-state index in [9.17, 15) is 9.90 Å². The van der Waals surface area contributed by atoms with E-state index in [0.717, 1.165) is 19.4 Å². The van der Waals surface area contributed by atoms with Gasteiger partial charge in [-0.1, -0.05) is 51.2 Å². The summed E-state index contributed by atoms with van der Waals surface area (Å²) >= 11 is 5.13. The summed E-state index contributed by atoms with van der Waals surface area (Å²) in [6.45, 7) is 2.95. The van der Waals surface area contributed by atoms with Crippen LogP contribution in [0.2, 0.25) is 0 Å². The molecule has 1 aromatic carbocycles. The van der Waals surface area contributed by atoms with Crippen LogP contribution in [0.1, 0.15) is 51.0 Å². The topological polar surface area (TPSA) is 74.8 Å². The molecule has 1 heterocycles. The number of thiocarbonyl (C=S) groups is 1. The predicted molar refractivity (Wildman–Crippen MR) is 106 cm³/mol. The standard InChI is InChI=1S/C19H24N2O3S/c1-2-3-4-5-6-9-12-20-19(25)21-13-15-17(22)14-10-7-8-11-16(14)24-18(15)23/h7-8,10-11,13,22H,2-6,9,12H2,1H3,(H,20,25)/b21-13+. The molecule has 0 atom stereocenters. The fourth-order valence-corrected chi connectivity index (χ4v) is 2.69. The van der Waals surface area contributed by atoms with Crippen LogP contribution in [0.25, 0.3) is 11.0 Å². The van der Waals surface area contributed by atoms with Crippen LogP contribution in [0.4, 0.5) is 0 Å². The fraction of sp³-hybridized carbons (Fsp3) is 0.421. The van der Waals surface area contributed by atoms with Crippen molar-refractivity contribution in [2.24, 2.45) is 4.99 Å². The molecule has 0 aliphatic rings. The number of benzene rings is 1. The van der Waals surface area contributed by atoms with Crippen molar-refractivity contribution in [3.05, 3.63) is 40.2 Å². The summed E-state index contributed by atoms with van der Waals surface area (Å²) in [6, 6.07) is 6.81. The maximum Gasteiger partial charge on any atom is 0.348 e. The Bertz CT molecular complexity index is 799. The van der Waals surface area contributed by atoms with E-state index in [2.05, 4.69) is 17.2 Å². The van der Waals surface area contributed by atoms with E-state index in [1.165, 1.54) is 31.9 Å². The lowest BCUT2D eigenvalue weighted by Gasteiger charge is -2.04. The van der Waals surface area contributed by atoms with Crippen molar-refractivity contribution in [2.45, 2.75) is 45.4 Å². The third-order valence-electron chi connectivity index (χ3n) is 3.94. The number of nitrogens with one attached hydrogen (secondary N) is 1. The van der Waals surface area contributed by atoms with Crippen LogP contribution in [0.15, 0.2) is 38.5 Å². The highest BCUT2D eigenvalue weighted by molar-refractivity contribution is 7.80. The number of fused-ring (bicyclic) bond motifs is 1. The van der Waals surface area contributed by atoms with Gasteiger partial charge in [-0.05, 0) is 30.8 Å². The molecule has 0 saturated heterocycles. The molecule has 0 spiro atoms. The summed E-state index contributed by atoms with van der Waals surface area (Å²) in [5.41, 5.74) is -0.299. The quantitative estimate of drug-likeness (QED) is 0.320. The van der Waals surface area contributed by atoms with E-state index >= 15 is 0 Å². The Morgan fingerprint density at radius 1 is 1.24 bits per heavy atom. The zero-order chi connectivity index (χ0) is 18.1. The predicted octanol–water partition coefficient (Wildman–Crippen LogP) is 4.15. The molecule has 134 valence electrons. The van der Waals surface area contributed by atoms with Crippen molar-refractivity contribution in [3.63, 3.8) is 0 Å². The van der Waals surface area contributed by atoms with Crippen LogP contribution >= 0.6 is 12.2 Å². The Hall–Kier alpha value is -2.21. The van der Waals surface area contributed by atoms with Gasteiger partial charge in [0.1, 0.15) is 16.9 Å². The summed E-state index contributed by atoms with van der Waals surface area (Å²) in [5, 5.41) is 14.0. The molecule has 1 aromatic heterocycles. The zero-order valence-corrected chi connectivity index (χ0v) is 15.3. The number of rotatable bonds is 8. The first-order valence-corrected chi connectivity index (χ1v) is 9.11. The summed E-state index contributed by atoms with van der Waals surface area (Å²) in [6.07, 6.45) is 8.48. The molecule has 2 N–H and O–H groups in total. The first-order chi connectivity index (χ1) is 12.1. The molecule has 6 heteroatoms. The molecule has 0 saturated carbocycles. The van der Waals surface area contributed by atoms with Gasteiger partial charge >= 0.3 is 5.63 Å². The molecule has 5 nitrogen and oxygen atoms in total. The molecule has 0 unspecified atom stereocenters. The highest BCUT2D eigenvalue weighted by Gasteiger charge is 2.11. The molecular formula is C19H24N2O3S. The molecule has 25 heavy (non-hydrogen) atoms. The van der Waals surface area contributed by atoms with E-state index in [0.29, 0.717) is 16.1 Å². The molecule has 0 fully saturated rings. The van der Waals surface area contributed by atoms with Gasteiger partial charge in [-0.2, -0.15) is 0 Å². The SMILES string of the molecule is CCCCCCCCNC(=S)/N=C/c1c(O)c2ccccc2oc1=O. The first-order valence-electron chi connectivity index (χ1n) is 8.70. The fourth-order valence-electron chi connectivity index (χ4n) is 2.53. The number of para-hydroxylation sites is 1. The lowest BCUT2D eigenvalue weighted by atomic mass is 10.1. The van der Waals surface area contributed by atoms with Gasteiger partial charge in [0.15, 0.2) is 5.11 Å². The third-order valence-corrected chi connectivity index (χ3v) is 4.19. The minimum absolute atomic E-state index is 0.00224. The molecule has 0 aliphatic carbocycles. The summed E-state index contributed by atoms with van der Waals surface area (Å²) < 4.78 is 5.18. The average molecular weight is 360 g/mol. The first kappa shape index (κ1) is 19.1. The normalized spacial score (nSPS) is 11.2. The maximum absolute atomic E-state index is 12.0. The number of unbranched alkanes of at least 4 members (excludes halogenated alkanes) is 5. The van der Waals surface area contributed by atoms with Crippen molar-refractivity contribution in [1.82, 2.24) is 5.32 Å². The molecule has 0 radical (unpaired) electrons. The molecular weight excluding hydrogens is 336 g/mol. The van der Waals surface area contributed by atoms with Gasteiger partial charge < -0.3 is 14.8 Å². The lowest BCUT2D eigenvalue weighted by molar-refractivity contribution is 0.466. The summed E-state index contributed by atoms with van der Waals surface area (Å²) in [7, 11) is 0. The Morgan fingerprint density at radius 3 is 2.76 bits per heavy atom. The Labute approximate surface area is 152 Å². The van der Waals surface area contributed by atoms with Crippen molar-refractivity contribution in [1.29, 1.82) is 0 Å². The van der Waals surface area contributed by atoms with Gasteiger partial charge in [0.25, 0.3) is 0 Å². The number of hydrogen-bond donors (Lipinski definition) is 2. The number of nitrogens with zero attached hydrogens (tertiary/aromatic N) is 1. The molecule has 2 aromatic rings. The van der Waals surface area contributed by atoms with Gasteiger partial charge in [-0.3, -0.25) is 0 Å². The second-order valence-corrected chi connectivity index (χ2v) is 6.29. The van der Waals surface area contributed by atoms with Crippen LogP contribution < -0.4 is 10.9 Å². The van der Waals surface area contributed by atoms with Gasteiger partial charge in [-0.15, -0.1) is 0 Å². The largest absolute Gasteiger partial charge is 0.506 e. The minimum atomic E-state index is -0.640. The second-order valence-electron chi connectivity index (χ2n) is 5.91. The number of aromatic hydroxyl groups is 1. The van der Waals surface area contributed by atoms with Crippen molar-refractivity contribution >= 4 is 34.5 Å². The number of hydrogen-bond acceptors (Lipinski definition) is 4. The van der Waals surface area contributed by atoms with E-state index in [1.54, 1.807) is 24.3 Å². The van der Waals surface area contributed by atoms with Crippen LogP contribution in [0, 0.1) is 0 Å². The Morgan fingerprint density at radius 2 is 1.96 bits per heavy atom. The van der Waals surface area contributed by atoms with E-state index < -0.39 is 5.63 Å². The molecule has 0 amide bonds. The van der Waals surface area contributed by atoms with Crippen molar-refractivity contribution in [3.8, 4) is 5.75 Å². The zero-order valence-electron chi connectivity index (χ0n) is 14.5. The van der Waals surface area contributed by atoms with Crippen molar-refractivity contribution < 1.29 is 9.52 Å². The highest BCUT2D eigenvalue weighted by atomic mass is 32.1. The van der Waals surface area contributed by atoms with E-state index in [1.807, 2.05) is 0 Å². The van der Waals surface area contributed by atoms with Gasteiger partial charge in [0.2, 0.25) is 0 Å². The average Bonchev–Trinajstić information content (AvgIpc) is 2.60. The van der Waals surface area contributed by atoms with E-state index in [4.69, 9.17) is 16.6 Å².